The van der Waals surface area contributed by atoms with E-state index in [0.29, 0.717) is 24.9 Å². The Hall–Kier alpha value is -2.65. The number of benzene rings is 1. The van der Waals surface area contributed by atoms with Gasteiger partial charge in [0.2, 0.25) is 6.10 Å². The molecule has 3 unspecified atom stereocenters. The molecule has 186 valence electrons. The molecule has 1 aliphatic carbocycles. The van der Waals surface area contributed by atoms with Crippen molar-refractivity contribution in [3.63, 3.8) is 0 Å². The fourth-order valence-electron chi connectivity index (χ4n) is 3.59. The summed E-state index contributed by atoms with van der Waals surface area (Å²) in [5, 5.41) is 4.11. The van der Waals surface area contributed by atoms with E-state index in [1.807, 2.05) is 42.5 Å². The lowest BCUT2D eigenvalue weighted by Crippen LogP contribution is -2.29. The van der Waals surface area contributed by atoms with Crippen LogP contribution in [0.25, 0.3) is 0 Å². The number of nitrogens with one attached hydrogen (secondary N) is 1. The summed E-state index contributed by atoms with van der Waals surface area (Å²) in [4.78, 5) is 52.2. The Morgan fingerprint density at radius 3 is 2.54 bits per heavy atom. The van der Waals surface area contributed by atoms with Crippen molar-refractivity contribution < 1.29 is 23.9 Å². The first-order valence-corrected chi connectivity index (χ1v) is 13.9. The van der Waals surface area contributed by atoms with Gasteiger partial charge in [0.25, 0.3) is 5.91 Å². The molecule has 35 heavy (non-hydrogen) atoms. The first-order valence-electron chi connectivity index (χ1n) is 11.7. The third-order valence-corrected chi connectivity index (χ3v) is 8.43. The lowest BCUT2D eigenvalue weighted by molar-refractivity contribution is -0.157. The first-order chi connectivity index (χ1) is 16.8. The lowest BCUT2D eigenvalue weighted by Gasteiger charge is -2.11. The van der Waals surface area contributed by atoms with Crippen molar-refractivity contribution >= 4 is 45.0 Å². The highest BCUT2D eigenvalue weighted by atomic mass is 33.1. The zero-order valence-corrected chi connectivity index (χ0v) is 21.5. The van der Waals surface area contributed by atoms with Crippen LogP contribution in [-0.2, 0) is 19.1 Å². The minimum Gasteiger partial charge on any atom is -0.446 e. The van der Waals surface area contributed by atoms with Gasteiger partial charge in [-0.3, -0.25) is 19.2 Å². The monoisotopic (exact) mass is 514 g/mol. The number of carbonyl (C=O) groups excluding carboxylic acids is 4. The van der Waals surface area contributed by atoms with Crippen LogP contribution in [-0.4, -0.2) is 41.1 Å². The maximum Gasteiger partial charge on any atom is 0.306 e. The second-order valence-electron chi connectivity index (χ2n) is 8.52. The highest BCUT2D eigenvalue weighted by Gasteiger charge is 2.41. The number of ketones is 2. The molecule has 0 spiro atoms. The maximum atomic E-state index is 12.4. The molecule has 0 aliphatic heterocycles. The second-order valence-corrected chi connectivity index (χ2v) is 11.1. The third kappa shape index (κ3) is 8.21. The van der Waals surface area contributed by atoms with E-state index in [4.69, 9.17) is 4.74 Å². The number of carbonyl (C=O) groups is 4. The fourth-order valence-corrected chi connectivity index (χ4v) is 5.70. The molecule has 1 aliphatic rings. The number of pyridine rings is 1. The number of unbranched alkanes of at least 4 members (excludes halogenated alkanes) is 2. The molecule has 0 bridgehead atoms. The molecule has 1 saturated carbocycles. The van der Waals surface area contributed by atoms with E-state index >= 15 is 0 Å². The van der Waals surface area contributed by atoms with Crippen molar-refractivity contribution in [2.45, 2.75) is 62.3 Å². The van der Waals surface area contributed by atoms with Crippen LogP contribution in [0.4, 0.5) is 0 Å². The molecule has 9 heteroatoms. The van der Waals surface area contributed by atoms with Gasteiger partial charge in [-0.15, -0.1) is 0 Å². The van der Waals surface area contributed by atoms with Crippen LogP contribution >= 0.6 is 21.6 Å². The number of esters is 1. The molecule has 7 nitrogen and oxygen atoms in total. The Balaban J connectivity index is 1.30. The number of aromatic nitrogens is 1. The number of hydrogen-bond donors (Lipinski definition) is 1. The average Bonchev–Trinajstić information content (AvgIpc) is 3.11. The van der Waals surface area contributed by atoms with E-state index in [0.717, 1.165) is 17.0 Å². The van der Waals surface area contributed by atoms with Gasteiger partial charge in [0.05, 0.1) is 0 Å². The van der Waals surface area contributed by atoms with E-state index in [9.17, 15) is 19.2 Å². The summed E-state index contributed by atoms with van der Waals surface area (Å²) in [5.41, 5.74) is 1.74. The van der Waals surface area contributed by atoms with Crippen molar-refractivity contribution in [3.05, 3.63) is 59.8 Å². The number of rotatable bonds is 12. The molecule has 3 rings (SSSR count). The minimum atomic E-state index is -1.22. The highest BCUT2D eigenvalue weighted by molar-refractivity contribution is 8.76. The number of hydrogen-bond acceptors (Lipinski definition) is 8. The summed E-state index contributed by atoms with van der Waals surface area (Å²) < 4.78 is 5.06. The molecule has 0 saturated heterocycles. The Kier molecular flexibility index (Phi) is 10.3. The van der Waals surface area contributed by atoms with Gasteiger partial charge in [0, 0.05) is 42.3 Å². The normalized spacial score (nSPS) is 18.3. The first kappa shape index (κ1) is 26.9. The Morgan fingerprint density at radius 1 is 1.11 bits per heavy atom. The predicted molar refractivity (Wildman–Crippen MR) is 137 cm³/mol. The van der Waals surface area contributed by atoms with E-state index < -0.39 is 12.1 Å². The van der Waals surface area contributed by atoms with Crippen LogP contribution in [0.15, 0.2) is 53.7 Å². The number of ether oxygens (including phenoxy) is 1. The smallest absolute Gasteiger partial charge is 0.306 e. The quantitative estimate of drug-likeness (QED) is 0.183. The van der Waals surface area contributed by atoms with Gasteiger partial charge in [-0.1, -0.05) is 42.3 Å². The molecular formula is C26H30N2O5S2. The van der Waals surface area contributed by atoms with Gasteiger partial charge in [-0.25, -0.2) is 4.98 Å². The Bertz CT molecular complexity index is 1030. The molecule has 2 aromatic rings. The zero-order chi connectivity index (χ0) is 25.2. The van der Waals surface area contributed by atoms with Crippen LogP contribution in [0.3, 0.4) is 0 Å². The summed E-state index contributed by atoms with van der Waals surface area (Å²) in [6, 6.07) is 13.4. The predicted octanol–water partition coefficient (Wildman–Crippen LogP) is 4.96. The van der Waals surface area contributed by atoms with Gasteiger partial charge in [0.15, 0.2) is 11.6 Å². The molecule has 1 aromatic heterocycles. The Labute approximate surface area is 213 Å². The van der Waals surface area contributed by atoms with Crippen molar-refractivity contribution in [2.24, 2.45) is 5.92 Å². The molecule has 1 aromatic carbocycles. The largest absolute Gasteiger partial charge is 0.446 e. The van der Waals surface area contributed by atoms with Crippen molar-refractivity contribution in [3.8, 4) is 0 Å². The minimum absolute atomic E-state index is 0.133. The van der Waals surface area contributed by atoms with Crippen LogP contribution in [0.5, 0.6) is 0 Å². The number of amides is 1. The SMILES string of the molecule is CC1CC(=O)C(OC(=O)CCCCCNC(=O)c2ccc(C(C)SSc3ccccn3)cc2)C1=O. The molecular weight excluding hydrogens is 484 g/mol. The maximum absolute atomic E-state index is 12.4. The standard InChI is InChI=1S/C26H30N2O5S2/c1-17-16-21(29)25(24(17)31)33-23(30)9-4-3-6-15-28-26(32)20-12-10-19(11-13-20)18(2)34-35-22-8-5-7-14-27-22/h5,7-8,10-14,17-18,25H,3-4,6,9,15-16H2,1-2H3,(H,28,32). The van der Waals surface area contributed by atoms with Crippen molar-refractivity contribution in [1.82, 2.24) is 10.3 Å². The van der Waals surface area contributed by atoms with Gasteiger partial charge in [-0.05, 0) is 60.4 Å². The molecule has 1 heterocycles. The van der Waals surface area contributed by atoms with Crippen molar-refractivity contribution in [2.75, 3.05) is 6.54 Å². The summed E-state index contributed by atoms with van der Waals surface area (Å²) in [7, 11) is 3.35. The van der Waals surface area contributed by atoms with Crippen LogP contribution in [0, 0.1) is 5.92 Å². The highest BCUT2D eigenvalue weighted by Crippen LogP contribution is 2.41. The topological polar surface area (TPSA) is 102 Å². The fraction of sp³-hybridized carbons (Fsp3) is 0.423. The van der Waals surface area contributed by atoms with E-state index in [2.05, 4.69) is 17.2 Å². The summed E-state index contributed by atoms with van der Waals surface area (Å²) >= 11 is 0. The lowest BCUT2D eigenvalue weighted by atomic mass is 10.1. The Morgan fingerprint density at radius 2 is 1.89 bits per heavy atom. The van der Waals surface area contributed by atoms with Gasteiger partial charge in [0.1, 0.15) is 5.03 Å². The van der Waals surface area contributed by atoms with Gasteiger partial charge >= 0.3 is 5.97 Å². The molecule has 3 atom stereocenters. The van der Waals surface area contributed by atoms with E-state index in [1.54, 1.807) is 34.7 Å². The summed E-state index contributed by atoms with van der Waals surface area (Å²) in [6.07, 6.45) is 2.86. The zero-order valence-electron chi connectivity index (χ0n) is 19.9. The van der Waals surface area contributed by atoms with Gasteiger partial charge < -0.3 is 10.1 Å². The van der Waals surface area contributed by atoms with Gasteiger partial charge in [-0.2, -0.15) is 0 Å². The molecule has 1 N–H and O–H groups in total. The van der Waals surface area contributed by atoms with Crippen molar-refractivity contribution in [1.29, 1.82) is 0 Å². The number of Topliss-reactive ketones (excluding diaryl/α,β-unsaturated/α-hetero) is 2. The van der Waals surface area contributed by atoms with E-state index in [-0.39, 0.29) is 41.5 Å². The second kappa shape index (κ2) is 13.4. The summed E-state index contributed by atoms with van der Waals surface area (Å²) in [5.74, 6) is -1.66. The molecule has 1 amide bonds. The molecule has 1 fully saturated rings. The van der Waals surface area contributed by atoms with Crippen LogP contribution < -0.4 is 5.32 Å². The third-order valence-electron chi connectivity index (χ3n) is 5.69. The van der Waals surface area contributed by atoms with Crippen LogP contribution in [0.1, 0.15) is 67.1 Å². The molecule has 0 radical (unpaired) electrons. The van der Waals surface area contributed by atoms with Crippen LogP contribution in [0.2, 0.25) is 0 Å². The average molecular weight is 515 g/mol. The van der Waals surface area contributed by atoms with E-state index in [1.165, 1.54) is 0 Å². The summed E-state index contributed by atoms with van der Waals surface area (Å²) in [6.45, 7) is 4.29. The number of nitrogens with zero attached hydrogens (tertiary/aromatic N) is 1.